The maximum Gasteiger partial charge on any atom is 0.354 e. The van der Waals surface area contributed by atoms with E-state index >= 15 is 4.39 Å². The molecule has 0 aliphatic rings. The second kappa shape index (κ2) is 15.4. The molecule has 1 atom stereocenters. The van der Waals surface area contributed by atoms with Gasteiger partial charge in [-0.2, -0.15) is 4.98 Å². The van der Waals surface area contributed by atoms with Crippen molar-refractivity contribution in [3.05, 3.63) is 81.1 Å². The zero-order valence-electron chi connectivity index (χ0n) is 23.9. The average Bonchev–Trinajstić information content (AvgIpc) is 3.35. The first-order valence-corrected chi connectivity index (χ1v) is 14.1. The van der Waals surface area contributed by atoms with Gasteiger partial charge in [0.25, 0.3) is 0 Å². The SMILES string of the molecule is CC(N)=NCCCNCc1ccc(-n2cc3cc(-c4cc(CCCC(C)N)cc(Cl)c4F)[nH]c3nc2=O)cc1.CN. The van der Waals surface area contributed by atoms with E-state index in [1.807, 2.05) is 31.2 Å². The van der Waals surface area contributed by atoms with E-state index in [0.717, 1.165) is 43.4 Å². The topological polar surface area (TPSA) is 153 Å². The van der Waals surface area contributed by atoms with E-state index in [-0.39, 0.29) is 11.1 Å². The smallest absolute Gasteiger partial charge is 0.354 e. The number of nitrogens with zero attached hydrogens (tertiary/aromatic N) is 3. The first-order chi connectivity index (χ1) is 19.7. The van der Waals surface area contributed by atoms with Gasteiger partial charge in [0.2, 0.25) is 0 Å². The third-order valence-corrected chi connectivity index (χ3v) is 6.70. The van der Waals surface area contributed by atoms with Crippen LogP contribution in [0.25, 0.3) is 28.0 Å². The van der Waals surface area contributed by atoms with Gasteiger partial charge in [-0.25, -0.2) is 9.18 Å². The van der Waals surface area contributed by atoms with Crippen LogP contribution in [0.4, 0.5) is 4.39 Å². The van der Waals surface area contributed by atoms with E-state index < -0.39 is 11.5 Å². The van der Waals surface area contributed by atoms with Crippen LogP contribution in [0, 0.1) is 5.82 Å². The molecule has 41 heavy (non-hydrogen) atoms. The number of H-pyrrole nitrogens is 1. The van der Waals surface area contributed by atoms with E-state index in [1.165, 1.54) is 11.6 Å². The lowest BCUT2D eigenvalue weighted by Crippen LogP contribution is -2.20. The van der Waals surface area contributed by atoms with Crippen molar-refractivity contribution in [3.8, 4) is 16.9 Å². The molecule has 0 aliphatic heterocycles. The molecule has 0 fully saturated rings. The lowest BCUT2D eigenvalue weighted by Gasteiger charge is -2.09. The summed E-state index contributed by atoms with van der Waals surface area (Å²) in [4.78, 5) is 24.3. The minimum absolute atomic E-state index is 0.0585. The Morgan fingerprint density at radius 3 is 2.59 bits per heavy atom. The molecule has 0 amide bonds. The van der Waals surface area contributed by atoms with Gasteiger partial charge in [0.15, 0.2) is 5.82 Å². The quantitative estimate of drug-likeness (QED) is 0.0954. The second-order valence-electron chi connectivity index (χ2n) is 9.91. The maximum atomic E-state index is 15.0. The highest BCUT2D eigenvalue weighted by molar-refractivity contribution is 6.31. The summed E-state index contributed by atoms with van der Waals surface area (Å²) in [6.45, 7) is 5.98. The van der Waals surface area contributed by atoms with Gasteiger partial charge in [-0.3, -0.25) is 9.56 Å². The summed E-state index contributed by atoms with van der Waals surface area (Å²) in [6.07, 6.45) is 5.11. The van der Waals surface area contributed by atoms with Crippen LogP contribution in [-0.2, 0) is 13.0 Å². The summed E-state index contributed by atoms with van der Waals surface area (Å²) < 4.78 is 16.5. The van der Waals surface area contributed by atoms with Crippen molar-refractivity contribution >= 4 is 28.5 Å². The van der Waals surface area contributed by atoms with E-state index in [9.17, 15) is 4.79 Å². The highest BCUT2D eigenvalue weighted by Gasteiger charge is 2.15. The molecule has 0 bridgehead atoms. The molecule has 2 heterocycles. The fourth-order valence-corrected chi connectivity index (χ4v) is 4.65. The summed E-state index contributed by atoms with van der Waals surface area (Å²) in [6, 6.07) is 13.0. The molecule has 0 aliphatic carbocycles. The number of hydrogen-bond donors (Lipinski definition) is 5. The molecular formula is C30H40ClFN8O. The van der Waals surface area contributed by atoms with Crippen LogP contribution < -0.4 is 28.2 Å². The van der Waals surface area contributed by atoms with E-state index in [2.05, 4.69) is 26.0 Å². The fraction of sp³-hybridized carbons (Fsp3) is 0.367. The van der Waals surface area contributed by atoms with Crippen molar-refractivity contribution in [2.24, 2.45) is 22.2 Å². The molecule has 0 saturated heterocycles. The molecular weight excluding hydrogens is 543 g/mol. The molecule has 0 radical (unpaired) electrons. The lowest BCUT2D eigenvalue weighted by molar-refractivity contribution is 0.618. The third kappa shape index (κ3) is 8.96. The highest BCUT2D eigenvalue weighted by atomic mass is 35.5. The van der Waals surface area contributed by atoms with Gasteiger partial charge < -0.3 is 27.5 Å². The normalized spacial score (nSPS) is 12.3. The van der Waals surface area contributed by atoms with Crippen molar-refractivity contribution in [1.29, 1.82) is 0 Å². The highest BCUT2D eigenvalue weighted by Crippen LogP contribution is 2.31. The predicted octanol–water partition coefficient (Wildman–Crippen LogP) is 4.27. The Hall–Kier alpha value is -3.57. The molecule has 0 spiro atoms. The first-order valence-electron chi connectivity index (χ1n) is 13.7. The molecule has 8 N–H and O–H groups in total. The summed E-state index contributed by atoms with van der Waals surface area (Å²) >= 11 is 6.22. The van der Waals surface area contributed by atoms with Crippen LogP contribution in [0.1, 0.15) is 44.2 Å². The number of aromatic amines is 1. The van der Waals surface area contributed by atoms with Gasteiger partial charge in [-0.1, -0.05) is 23.7 Å². The Kier molecular flexibility index (Phi) is 12.0. The molecule has 2 aromatic heterocycles. The van der Waals surface area contributed by atoms with Crippen molar-refractivity contribution in [3.63, 3.8) is 0 Å². The summed E-state index contributed by atoms with van der Waals surface area (Å²) in [5, 5.41) is 4.12. The van der Waals surface area contributed by atoms with Crippen molar-refractivity contribution < 1.29 is 4.39 Å². The molecule has 4 rings (SSSR count). The van der Waals surface area contributed by atoms with Gasteiger partial charge in [0, 0.05) is 36.3 Å². The zero-order valence-corrected chi connectivity index (χ0v) is 24.6. The largest absolute Gasteiger partial charge is 0.388 e. The Bertz CT molecular complexity index is 1510. The summed E-state index contributed by atoms with van der Waals surface area (Å²) in [5.74, 6) is 0.0831. The summed E-state index contributed by atoms with van der Waals surface area (Å²) in [5.41, 5.74) is 19.4. The van der Waals surface area contributed by atoms with Gasteiger partial charge in [-0.15, -0.1) is 0 Å². The minimum atomic E-state index is -0.513. The van der Waals surface area contributed by atoms with Gasteiger partial charge >= 0.3 is 5.69 Å². The second-order valence-corrected chi connectivity index (χ2v) is 10.3. The van der Waals surface area contributed by atoms with Crippen LogP contribution in [0.15, 0.2) is 58.4 Å². The Morgan fingerprint density at radius 2 is 1.90 bits per heavy atom. The molecule has 4 aromatic rings. The fourth-order valence-electron chi connectivity index (χ4n) is 4.40. The number of nitrogens with one attached hydrogen (secondary N) is 2. The van der Waals surface area contributed by atoms with Crippen LogP contribution in [0.5, 0.6) is 0 Å². The van der Waals surface area contributed by atoms with Crippen LogP contribution in [-0.4, -0.2) is 46.5 Å². The minimum Gasteiger partial charge on any atom is -0.388 e. The Labute approximate surface area is 245 Å². The predicted molar refractivity (Wildman–Crippen MR) is 167 cm³/mol. The molecule has 9 nitrogen and oxygen atoms in total. The molecule has 220 valence electrons. The Balaban J connectivity index is 0.00000226. The van der Waals surface area contributed by atoms with Crippen LogP contribution in [0.3, 0.4) is 0 Å². The molecule has 1 unspecified atom stereocenters. The number of benzene rings is 2. The number of aryl methyl sites for hydroxylation is 1. The van der Waals surface area contributed by atoms with Gasteiger partial charge in [0.05, 0.1) is 22.2 Å². The number of rotatable bonds is 12. The number of amidine groups is 1. The van der Waals surface area contributed by atoms with E-state index in [1.54, 1.807) is 31.3 Å². The van der Waals surface area contributed by atoms with E-state index in [0.29, 0.717) is 46.9 Å². The number of nitrogens with two attached hydrogens (primary N) is 3. The van der Waals surface area contributed by atoms with Crippen molar-refractivity contribution in [2.75, 3.05) is 20.1 Å². The average molecular weight is 583 g/mol. The molecule has 2 aromatic carbocycles. The number of halogens is 2. The van der Waals surface area contributed by atoms with Gasteiger partial charge in [0.1, 0.15) is 5.65 Å². The number of aliphatic imine (C=N–C) groups is 1. The lowest BCUT2D eigenvalue weighted by atomic mass is 10.0. The standard InChI is InChI=1S/C29H35ClFN7O.CH5N/c1-18(32)5-3-6-21-13-24(27(31)25(30)14-21)26-15-22-17-38(29(39)37-28(22)36-26)23-9-7-20(8-10-23)16-34-11-4-12-35-19(2)33;1-2/h7-10,13-15,17-18,34H,3-6,11-12,16,32H2,1-2H3,(H2,33,35)(H,36,37,39);2H2,1H3. The van der Waals surface area contributed by atoms with E-state index in [4.69, 9.17) is 23.1 Å². The number of aromatic nitrogens is 3. The third-order valence-electron chi connectivity index (χ3n) is 6.43. The zero-order chi connectivity index (χ0) is 29.9. The van der Waals surface area contributed by atoms with Crippen LogP contribution in [0.2, 0.25) is 5.02 Å². The number of fused-ring (bicyclic) bond motifs is 1. The summed E-state index contributed by atoms with van der Waals surface area (Å²) in [7, 11) is 1.50. The van der Waals surface area contributed by atoms with Crippen LogP contribution >= 0.6 is 11.6 Å². The molecule has 11 heteroatoms. The molecule has 0 saturated carbocycles. The Morgan fingerprint density at radius 1 is 1.17 bits per heavy atom. The van der Waals surface area contributed by atoms with Gasteiger partial charge in [-0.05, 0) is 94.6 Å². The monoisotopic (exact) mass is 582 g/mol. The first kappa shape index (κ1) is 32.0. The maximum absolute atomic E-state index is 15.0. The van der Waals surface area contributed by atoms with Crippen molar-refractivity contribution in [1.82, 2.24) is 19.9 Å². The van der Waals surface area contributed by atoms with Crippen molar-refractivity contribution in [2.45, 2.75) is 52.1 Å². The number of hydrogen-bond acceptors (Lipinski definition) is 6.